The Balaban J connectivity index is 2.32. The molecule has 1 radical (unpaired) electrons. The fourth-order valence-electron chi connectivity index (χ4n) is 0. The van der Waals surface area contributed by atoms with E-state index in [9.17, 15) is 0 Å². The molecule has 0 saturated heterocycles. The van der Waals surface area contributed by atoms with Crippen LogP contribution in [-0.4, -0.2) is 0 Å². The van der Waals surface area contributed by atoms with Gasteiger partial charge in [-0.25, -0.2) is 0 Å². The minimum absolute atomic E-state index is 0.833. The van der Waals surface area contributed by atoms with Crippen LogP contribution in [-0.2, 0) is 0 Å². The first-order chi connectivity index (χ1) is 1.73. The molecular weight excluding hydrogens is 69.0 g/mol. The van der Waals surface area contributed by atoms with Crippen LogP contribution in [0.5, 0.6) is 0 Å². The molecule has 0 aliphatic carbocycles. The summed E-state index contributed by atoms with van der Waals surface area (Å²) in [5.74, 6) is 0.833. The Kier molecular flexibility index (Phi) is 1.85. The molecule has 0 aliphatic rings. The van der Waals surface area contributed by atoms with Crippen molar-refractivity contribution in [2.75, 3.05) is 0 Å². The highest BCUT2D eigenvalue weighted by molar-refractivity contribution is 7.20. The maximum atomic E-state index is 4.99. The quantitative estimate of drug-likeness (QED) is 0.413. The second-order valence-electron chi connectivity index (χ2n) is 0.744. The lowest BCUT2D eigenvalue weighted by molar-refractivity contribution is 1.26. The van der Waals surface area contributed by atoms with Gasteiger partial charge >= 0.3 is 0 Å². The van der Waals surface area contributed by atoms with Crippen molar-refractivity contribution in [2.45, 2.75) is 6.92 Å². The molecule has 1 nitrogen and oxygen atoms in total. The van der Waals surface area contributed by atoms with Crippen molar-refractivity contribution in [3.05, 3.63) is 5.78 Å². The van der Waals surface area contributed by atoms with Gasteiger partial charge in [0.2, 0.25) is 0 Å². The van der Waals surface area contributed by atoms with Gasteiger partial charge in [0.1, 0.15) is 0 Å². The molecule has 0 heterocycles. The molecule has 0 rings (SSSR count). The lowest BCUT2D eigenvalue weighted by atomic mass is 10.8. The summed E-state index contributed by atoms with van der Waals surface area (Å²) in [6, 6.07) is 0. The summed E-state index contributed by atoms with van der Waals surface area (Å²) in [6.45, 7) is 1.82. The summed E-state index contributed by atoms with van der Waals surface area (Å²) in [4.78, 5) is 0. The summed E-state index contributed by atoms with van der Waals surface area (Å²) in [7, 11) is 2.35. The van der Waals surface area contributed by atoms with Gasteiger partial charge in [0.15, 0.2) is 0 Å². The third-order valence-electron chi connectivity index (χ3n) is 0. The Morgan fingerprint density at radius 2 is 2.00 bits per heavy atom. The smallest absolute Gasteiger partial charge is 0.0483 e. The van der Waals surface area contributed by atoms with E-state index in [1.54, 1.807) is 0 Å². The van der Waals surface area contributed by atoms with Crippen molar-refractivity contribution < 1.29 is 0 Å². The summed E-state index contributed by atoms with van der Waals surface area (Å²) in [6.07, 6.45) is 0. The molecule has 0 aromatic rings. The van der Waals surface area contributed by atoms with Crippen LogP contribution < -0.4 is 5.73 Å². The standard InChI is InChI=1S/C2H7NP/c1-2(3)4/h3-4H2,1H3. The summed E-state index contributed by atoms with van der Waals surface area (Å²) in [5.41, 5.74) is 4.99. The predicted molar refractivity (Wildman–Crippen MR) is 22.8 cm³/mol. The number of nitrogens with two attached hydrogens (primary N) is 1. The van der Waals surface area contributed by atoms with E-state index in [-0.39, 0.29) is 0 Å². The molecule has 0 fully saturated rings. The van der Waals surface area contributed by atoms with Gasteiger partial charge in [-0.15, -0.1) is 9.24 Å². The van der Waals surface area contributed by atoms with Gasteiger partial charge in [-0.2, -0.15) is 0 Å². The molecule has 4 heavy (non-hydrogen) atoms. The maximum absolute atomic E-state index is 4.99. The van der Waals surface area contributed by atoms with Crippen LogP contribution in [0.25, 0.3) is 0 Å². The van der Waals surface area contributed by atoms with Crippen molar-refractivity contribution in [3.63, 3.8) is 0 Å². The molecule has 1 atom stereocenters. The molecule has 2 N–H and O–H groups in total. The predicted octanol–water partition coefficient (Wildman–Crippen LogP) is 0.330. The van der Waals surface area contributed by atoms with Crippen molar-refractivity contribution in [1.82, 2.24) is 0 Å². The van der Waals surface area contributed by atoms with Crippen LogP contribution in [0, 0.1) is 5.78 Å². The van der Waals surface area contributed by atoms with Crippen molar-refractivity contribution in [3.8, 4) is 0 Å². The van der Waals surface area contributed by atoms with Crippen LogP contribution >= 0.6 is 9.24 Å². The SMILES string of the molecule is C[C](N)P. The fourth-order valence-corrected chi connectivity index (χ4v) is 0. The second-order valence-corrected chi connectivity index (χ2v) is 1.65. The Labute approximate surface area is 28.8 Å². The highest BCUT2D eigenvalue weighted by Gasteiger charge is 1.68. The van der Waals surface area contributed by atoms with E-state index in [0.717, 1.165) is 5.78 Å². The second kappa shape index (κ2) is 1.68. The van der Waals surface area contributed by atoms with E-state index in [2.05, 4.69) is 9.24 Å². The summed E-state index contributed by atoms with van der Waals surface area (Å²) < 4.78 is 0. The molecule has 0 aromatic heterocycles. The first kappa shape index (κ1) is 4.39. The average molecular weight is 76.1 g/mol. The van der Waals surface area contributed by atoms with Gasteiger partial charge in [-0.1, -0.05) is 0 Å². The van der Waals surface area contributed by atoms with E-state index >= 15 is 0 Å². The zero-order chi connectivity index (χ0) is 3.58. The van der Waals surface area contributed by atoms with Crippen molar-refractivity contribution >= 4 is 9.24 Å². The molecule has 25 valence electrons. The Morgan fingerprint density at radius 3 is 2.00 bits per heavy atom. The van der Waals surface area contributed by atoms with Crippen molar-refractivity contribution in [1.29, 1.82) is 0 Å². The highest BCUT2D eigenvalue weighted by Crippen LogP contribution is 1.92. The molecule has 0 saturated carbocycles. The molecule has 0 spiro atoms. The molecule has 2 heteroatoms. The third-order valence-corrected chi connectivity index (χ3v) is 0. The lowest BCUT2D eigenvalue weighted by Gasteiger charge is -1.79. The largest absolute Gasteiger partial charge is 0.320 e. The van der Waals surface area contributed by atoms with Gasteiger partial charge < -0.3 is 5.73 Å². The van der Waals surface area contributed by atoms with E-state index in [4.69, 9.17) is 5.73 Å². The van der Waals surface area contributed by atoms with E-state index in [1.807, 2.05) is 6.92 Å². The summed E-state index contributed by atoms with van der Waals surface area (Å²) in [5, 5.41) is 0. The molecular formula is C2H7NP. The third kappa shape index (κ3) is 30.4. The molecule has 0 aromatic carbocycles. The summed E-state index contributed by atoms with van der Waals surface area (Å²) >= 11 is 0. The van der Waals surface area contributed by atoms with E-state index < -0.39 is 0 Å². The first-order valence-electron chi connectivity index (χ1n) is 1.08. The Morgan fingerprint density at radius 1 is 2.00 bits per heavy atom. The molecule has 0 bridgehead atoms. The van der Waals surface area contributed by atoms with E-state index in [0.29, 0.717) is 0 Å². The van der Waals surface area contributed by atoms with Gasteiger partial charge in [0, 0.05) is 5.78 Å². The van der Waals surface area contributed by atoms with Gasteiger partial charge in [0.05, 0.1) is 0 Å². The number of rotatable bonds is 0. The van der Waals surface area contributed by atoms with E-state index in [1.165, 1.54) is 0 Å². The van der Waals surface area contributed by atoms with Crippen LogP contribution in [0.3, 0.4) is 0 Å². The van der Waals surface area contributed by atoms with Crippen LogP contribution in [0.1, 0.15) is 6.92 Å². The topological polar surface area (TPSA) is 26.0 Å². The lowest BCUT2D eigenvalue weighted by Crippen LogP contribution is -1.90. The number of hydrogen-bond acceptors (Lipinski definition) is 1. The Hall–Kier alpha value is 0.390. The maximum Gasteiger partial charge on any atom is 0.0483 e. The minimum atomic E-state index is 0.833. The van der Waals surface area contributed by atoms with Gasteiger partial charge in [-0.05, 0) is 6.92 Å². The molecule has 0 amide bonds. The average Bonchev–Trinajstić information content (AvgIpc) is 0.811. The number of hydrogen-bond donors (Lipinski definition) is 1. The molecule has 1 unspecified atom stereocenters. The van der Waals surface area contributed by atoms with Crippen LogP contribution in [0.4, 0.5) is 0 Å². The zero-order valence-electron chi connectivity index (χ0n) is 2.65. The molecule has 0 aliphatic heterocycles. The van der Waals surface area contributed by atoms with Crippen molar-refractivity contribution in [2.24, 2.45) is 5.73 Å². The monoisotopic (exact) mass is 76.0 g/mol. The Bertz CT molecular complexity index is 10.8. The van der Waals surface area contributed by atoms with Crippen LogP contribution in [0.2, 0.25) is 0 Å². The zero-order valence-corrected chi connectivity index (χ0v) is 3.81. The first-order valence-corrected chi connectivity index (χ1v) is 1.65. The van der Waals surface area contributed by atoms with Crippen LogP contribution in [0.15, 0.2) is 0 Å². The highest BCUT2D eigenvalue weighted by atomic mass is 31.0. The van der Waals surface area contributed by atoms with Gasteiger partial charge in [0.25, 0.3) is 0 Å². The normalized spacial score (nSPS) is 9.00. The fraction of sp³-hybridized carbons (Fsp3) is 0.500. The minimum Gasteiger partial charge on any atom is -0.320 e. The van der Waals surface area contributed by atoms with Gasteiger partial charge in [-0.3, -0.25) is 0 Å².